The molecule has 0 spiro atoms. The molecule has 134 valence electrons. The number of hydrogen-bond acceptors (Lipinski definition) is 5. The van der Waals surface area contributed by atoms with Crippen LogP contribution in [0.2, 0.25) is 10.0 Å². The maximum Gasteiger partial charge on any atom is 0.346 e. The predicted molar refractivity (Wildman–Crippen MR) is 97.9 cm³/mol. The first-order chi connectivity index (χ1) is 12.4. The molecule has 0 fully saturated rings. The van der Waals surface area contributed by atoms with Gasteiger partial charge in [0.25, 0.3) is 0 Å². The fraction of sp³-hybridized carbons (Fsp3) is 0.158. The average Bonchev–Trinajstić information content (AvgIpc) is 2.92. The molecule has 1 aliphatic heterocycles. The van der Waals surface area contributed by atoms with Crippen LogP contribution in [0, 0.1) is 0 Å². The van der Waals surface area contributed by atoms with Crippen molar-refractivity contribution in [3.63, 3.8) is 0 Å². The highest BCUT2D eigenvalue weighted by molar-refractivity contribution is 6.42. The van der Waals surface area contributed by atoms with Gasteiger partial charge in [0, 0.05) is 6.07 Å². The molecule has 0 amide bonds. The number of rotatable bonds is 4. The van der Waals surface area contributed by atoms with Crippen LogP contribution in [-0.2, 0) is 9.53 Å². The summed E-state index contributed by atoms with van der Waals surface area (Å²) >= 11 is 11.9. The van der Waals surface area contributed by atoms with Gasteiger partial charge in [0.05, 0.1) is 22.7 Å². The maximum absolute atomic E-state index is 12.5. The first kappa shape index (κ1) is 18.3. The molecule has 7 heteroatoms. The lowest BCUT2D eigenvalue weighted by Crippen LogP contribution is -2.24. The van der Waals surface area contributed by atoms with Gasteiger partial charge >= 0.3 is 5.97 Å². The summed E-state index contributed by atoms with van der Waals surface area (Å²) in [5.41, 5.74) is 1.10. The minimum Gasteiger partial charge on any atom is -0.479 e. The summed E-state index contributed by atoms with van der Waals surface area (Å²) in [5.74, 6) is 0.166. The summed E-state index contributed by atoms with van der Waals surface area (Å²) in [6, 6.07) is 9.76. The molecule has 3 rings (SSSR count). The Morgan fingerprint density at radius 1 is 1.15 bits per heavy atom. The van der Waals surface area contributed by atoms with Crippen LogP contribution in [0.4, 0.5) is 0 Å². The maximum atomic E-state index is 12.5. The van der Waals surface area contributed by atoms with Gasteiger partial charge in [0.15, 0.2) is 11.9 Å². The van der Waals surface area contributed by atoms with E-state index in [2.05, 4.69) is 4.74 Å². The summed E-state index contributed by atoms with van der Waals surface area (Å²) in [4.78, 5) is 23.9. The van der Waals surface area contributed by atoms with E-state index >= 15 is 0 Å². The van der Waals surface area contributed by atoms with Crippen molar-refractivity contribution in [3.05, 3.63) is 63.3 Å². The third-order valence-electron chi connectivity index (χ3n) is 3.73. The van der Waals surface area contributed by atoms with Crippen molar-refractivity contribution in [2.75, 3.05) is 7.11 Å². The van der Waals surface area contributed by atoms with Crippen LogP contribution in [0.3, 0.4) is 0 Å². The molecule has 2 aromatic rings. The van der Waals surface area contributed by atoms with E-state index in [4.69, 9.17) is 32.7 Å². The molecule has 0 bridgehead atoms. The number of ketones is 1. The third kappa shape index (κ3) is 3.69. The Labute approximate surface area is 160 Å². The molecule has 0 N–H and O–H groups in total. The zero-order chi connectivity index (χ0) is 18.8. The van der Waals surface area contributed by atoms with Crippen molar-refractivity contribution >= 4 is 41.0 Å². The largest absolute Gasteiger partial charge is 0.479 e. The molecule has 0 unspecified atom stereocenters. The van der Waals surface area contributed by atoms with Crippen molar-refractivity contribution in [3.8, 4) is 11.5 Å². The quantitative estimate of drug-likeness (QED) is 0.564. The van der Waals surface area contributed by atoms with Crippen LogP contribution in [0.25, 0.3) is 6.08 Å². The molecule has 1 heterocycles. The summed E-state index contributed by atoms with van der Waals surface area (Å²) < 4.78 is 15.8. The van der Waals surface area contributed by atoms with Crippen LogP contribution in [0.15, 0.2) is 42.2 Å². The highest BCUT2D eigenvalue weighted by Crippen LogP contribution is 2.35. The Bertz CT molecular complexity index is 920. The normalized spacial score (nSPS) is 15.4. The van der Waals surface area contributed by atoms with Gasteiger partial charge in [-0.2, -0.15) is 0 Å². The second-order valence-corrected chi connectivity index (χ2v) is 6.37. The molecular weight excluding hydrogens is 379 g/mol. The molecule has 0 radical (unpaired) electrons. The van der Waals surface area contributed by atoms with E-state index in [0.717, 1.165) is 0 Å². The van der Waals surface area contributed by atoms with Gasteiger partial charge in [-0.1, -0.05) is 29.3 Å². The first-order valence-electron chi connectivity index (χ1n) is 7.67. The van der Waals surface area contributed by atoms with Crippen LogP contribution >= 0.6 is 23.2 Å². The molecule has 1 atom stereocenters. The monoisotopic (exact) mass is 392 g/mol. The highest BCUT2D eigenvalue weighted by atomic mass is 35.5. The number of hydrogen-bond donors (Lipinski definition) is 0. The smallest absolute Gasteiger partial charge is 0.346 e. The van der Waals surface area contributed by atoms with Crippen LogP contribution < -0.4 is 9.47 Å². The average molecular weight is 393 g/mol. The number of benzene rings is 2. The zero-order valence-electron chi connectivity index (χ0n) is 13.9. The van der Waals surface area contributed by atoms with Crippen molar-refractivity contribution in [1.82, 2.24) is 0 Å². The minimum atomic E-state index is -0.777. The number of esters is 1. The van der Waals surface area contributed by atoms with Crippen molar-refractivity contribution < 1.29 is 23.8 Å². The molecule has 5 nitrogen and oxygen atoms in total. The van der Waals surface area contributed by atoms with E-state index in [9.17, 15) is 9.59 Å². The fourth-order valence-corrected chi connectivity index (χ4v) is 2.72. The SMILES string of the molecule is COC(=O)[C@@H](C)Oc1ccc2c(c1)O/C(=C\c1ccc(Cl)c(Cl)c1)C2=O. The number of carbonyl (C=O) groups excluding carboxylic acids is 2. The Morgan fingerprint density at radius 3 is 2.62 bits per heavy atom. The summed E-state index contributed by atoms with van der Waals surface area (Å²) in [6.45, 7) is 1.57. The summed E-state index contributed by atoms with van der Waals surface area (Å²) in [7, 11) is 1.28. The number of Topliss-reactive ketones (excluding diaryl/α,β-unsaturated/α-hetero) is 1. The molecule has 2 aromatic carbocycles. The Hall–Kier alpha value is -2.50. The number of methoxy groups -OCH3 is 1. The number of carbonyl (C=O) groups is 2. The molecular formula is C19H14Cl2O5. The third-order valence-corrected chi connectivity index (χ3v) is 4.47. The van der Waals surface area contributed by atoms with E-state index in [-0.39, 0.29) is 11.5 Å². The van der Waals surface area contributed by atoms with Crippen molar-refractivity contribution in [2.45, 2.75) is 13.0 Å². The van der Waals surface area contributed by atoms with E-state index in [0.29, 0.717) is 32.7 Å². The summed E-state index contributed by atoms with van der Waals surface area (Å²) in [6.07, 6.45) is 0.809. The van der Waals surface area contributed by atoms with Gasteiger partial charge in [-0.15, -0.1) is 0 Å². The molecule has 0 saturated heterocycles. The first-order valence-corrected chi connectivity index (χ1v) is 8.42. The van der Waals surface area contributed by atoms with Gasteiger partial charge in [-0.3, -0.25) is 4.79 Å². The number of fused-ring (bicyclic) bond motifs is 1. The fourth-order valence-electron chi connectivity index (χ4n) is 2.41. The van der Waals surface area contributed by atoms with Gasteiger partial charge in [0.2, 0.25) is 5.78 Å². The standard InChI is InChI=1S/C19H14Cl2O5/c1-10(19(23)24-2)25-12-4-5-13-16(9-12)26-17(18(13)22)8-11-3-6-14(20)15(21)7-11/h3-10H,1-2H3/b17-8-/t10-/m1/s1. The number of allylic oxidation sites excluding steroid dienone is 1. The second kappa shape index (κ2) is 7.40. The van der Waals surface area contributed by atoms with E-state index in [1.807, 2.05) is 0 Å². The molecule has 26 heavy (non-hydrogen) atoms. The minimum absolute atomic E-state index is 0.163. The predicted octanol–water partition coefficient (Wildman–Crippen LogP) is 4.55. The lowest BCUT2D eigenvalue weighted by atomic mass is 10.1. The molecule has 0 aliphatic carbocycles. The molecule has 0 aromatic heterocycles. The van der Waals surface area contributed by atoms with E-state index in [1.54, 1.807) is 49.4 Å². The van der Waals surface area contributed by atoms with E-state index < -0.39 is 12.1 Å². The lowest BCUT2D eigenvalue weighted by molar-refractivity contribution is -0.147. The van der Waals surface area contributed by atoms with Crippen LogP contribution in [-0.4, -0.2) is 25.0 Å². The number of ether oxygens (including phenoxy) is 3. The highest BCUT2D eigenvalue weighted by Gasteiger charge is 2.28. The Balaban J connectivity index is 1.83. The second-order valence-electron chi connectivity index (χ2n) is 5.55. The van der Waals surface area contributed by atoms with Crippen molar-refractivity contribution in [2.24, 2.45) is 0 Å². The number of halogens is 2. The van der Waals surface area contributed by atoms with Gasteiger partial charge in [-0.25, -0.2) is 4.79 Å². The van der Waals surface area contributed by atoms with Crippen LogP contribution in [0.5, 0.6) is 11.5 Å². The topological polar surface area (TPSA) is 61.8 Å². The lowest BCUT2D eigenvalue weighted by Gasteiger charge is -2.12. The van der Waals surface area contributed by atoms with Gasteiger partial charge in [-0.05, 0) is 42.8 Å². The van der Waals surface area contributed by atoms with Gasteiger partial charge in [0.1, 0.15) is 11.5 Å². The summed E-state index contributed by atoms with van der Waals surface area (Å²) in [5, 5.41) is 0.814. The van der Waals surface area contributed by atoms with Crippen LogP contribution in [0.1, 0.15) is 22.8 Å². The Kier molecular flexibility index (Phi) is 5.20. The molecule has 0 saturated carbocycles. The molecule has 1 aliphatic rings. The zero-order valence-corrected chi connectivity index (χ0v) is 15.4. The Morgan fingerprint density at radius 2 is 1.92 bits per heavy atom. The van der Waals surface area contributed by atoms with E-state index in [1.165, 1.54) is 7.11 Å². The van der Waals surface area contributed by atoms with Gasteiger partial charge < -0.3 is 14.2 Å². The van der Waals surface area contributed by atoms with Crippen molar-refractivity contribution in [1.29, 1.82) is 0 Å².